The van der Waals surface area contributed by atoms with Crippen molar-refractivity contribution in [3.05, 3.63) is 12.2 Å². The quantitative estimate of drug-likeness (QED) is 0.609. The Hall–Kier alpha value is -2.51. The average Bonchev–Trinajstić information content (AvgIpc) is 2.71. The molecule has 0 aromatic heterocycles. The molecule has 1 saturated heterocycles. The number of ketones is 1. The molecule has 2 aliphatic heterocycles. The highest BCUT2D eigenvalue weighted by atomic mass is 16.7. The minimum Gasteiger partial charge on any atom is -0.331 e. The molecule has 0 spiro atoms. The molecule has 1 fully saturated rings. The van der Waals surface area contributed by atoms with Crippen molar-refractivity contribution in [3.8, 4) is 0 Å². The molecule has 2 rings (SSSR count). The normalized spacial score (nSPS) is 19.0. The zero-order chi connectivity index (χ0) is 14.7. The lowest BCUT2D eigenvalue weighted by Gasteiger charge is -2.22. The average molecular weight is 280 g/mol. The van der Waals surface area contributed by atoms with Crippen LogP contribution < -0.4 is 0 Å². The summed E-state index contributed by atoms with van der Waals surface area (Å²) in [5, 5.41) is 0.450. The van der Waals surface area contributed by atoms with E-state index in [9.17, 15) is 24.0 Å². The number of nitrogens with zero attached hydrogens (tertiary/aromatic N) is 2. The summed E-state index contributed by atoms with van der Waals surface area (Å²) in [7, 11) is 0. The van der Waals surface area contributed by atoms with Crippen LogP contribution in [0.3, 0.4) is 0 Å². The Morgan fingerprint density at radius 2 is 1.75 bits per heavy atom. The van der Waals surface area contributed by atoms with Gasteiger partial charge >= 0.3 is 5.97 Å². The third-order valence-corrected chi connectivity index (χ3v) is 2.85. The van der Waals surface area contributed by atoms with Gasteiger partial charge in [-0.1, -0.05) is 0 Å². The molecular formula is C12H12N2O6. The van der Waals surface area contributed by atoms with Crippen molar-refractivity contribution in [2.45, 2.75) is 19.3 Å². The standard InChI is InChI=1S/C12H12N2O6/c15-8-1-2-9(16)13(7-8)6-5-12(19)20-14-10(17)3-4-11(14)18/h1-2H,3-7H2. The lowest BCUT2D eigenvalue weighted by atomic mass is 10.2. The van der Waals surface area contributed by atoms with Crippen LogP contribution in [0.15, 0.2) is 12.2 Å². The molecule has 0 bridgehead atoms. The first kappa shape index (κ1) is 13.9. The molecule has 8 nitrogen and oxygen atoms in total. The zero-order valence-corrected chi connectivity index (χ0v) is 10.5. The van der Waals surface area contributed by atoms with Crippen LogP contribution in [0, 0.1) is 0 Å². The van der Waals surface area contributed by atoms with E-state index >= 15 is 0 Å². The van der Waals surface area contributed by atoms with Crippen LogP contribution in [0.1, 0.15) is 19.3 Å². The number of rotatable bonds is 4. The largest absolute Gasteiger partial charge is 0.334 e. The Morgan fingerprint density at radius 1 is 1.10 bits per heavy atom. The molecule has 0 aromatic rings. The van der Waals surface area contributed by atoms with Gasteiger partial charge in [-0.25, -0.2) is 4.79 Å². The topological polar surface area (TPSA) is 101 Å². The second-order valence-electron chi connectivity index (χ2n) is 4.35. The molecule has 0 aliphatic carbocycles. The first-order valence-electron chi connectivity index (χ1n) is 6.04. The van der Waals surface area contributed by atoms with E-state index in [1.165, 1.54) is 11.0 Å². The monoisotopic (exact) mass is 280 g/mol. The Bertz CT molecular complexity index is 508. The van der Waals surface area contributed by atoms with Gasteiger partial charge in [0.25, 0.3) is 11.8 Å². The molecule has 2 aliphatic rings. The van der Waals surface area contributed by atoms with Gasteiger partial charge in [-0.05, 0) is 6.08 Å². The van der Waals surface area contributed by atoms with E-state index in [0.717, 1.165) is 6.08 Å². The van der Waals surface area contributed by atoms with Gasteiger partial charge in [-0.3, -0.25) is 19.2 Å². The van der Waals surface area contributed by atoms with Crippen molar-refractivity contribution in [2.24, 2.45) is 0 Å². The van der Waals surface area contributed by atoms with Crippen molar-refractivity contribution in [1.29, 1.82) is 0 Å². The van der Waals surface area contributed by atoms with E-state index in [4.69, 9.17) is 0 Å². The summed E-state index contributed by atoms with van der Waals surface area (Å²) in [5.41, 5.74) is 0. The first-order valence-corrected chi connectivity index (χ1v) is 6.04. The molecule has 8 heteroatoms. The van der Waals surface area contributed by atoms with Crippen molar-refractivity contribution in [1.82, 2.24) is 9.96 Å². The number of amides is 3. The number of hydroxylamine groups is 2. The Labute approximate surface area is 113 Å². The minimum absolute atomic E-state index is 0.00995. The van der Waals surface area contributed by atoms with Crippen LogP contribution in [0.2, 0.25) is 0 Å². The number of carbonyl (C=O) groups excluding carboxylic acids is 5. The van der Waals surface area contributed by atoms with Crippen molar-refractivity contribution >= 4 is 29.5 Å². The molecule has 0 saturated carbocycles. The van der Waals surface area contributed by atoms with Crippen molar-refractivity contribution in [2.75, 3.05) is 13.1 Å². The van der Waals surface area contributed by atoms with Gasteiger partial charge in [0.2, 0.25) is 5.91 Å². The zero-order valence-electron chi connectivity index (χ0n) is 10.5. The van der Waals surface area contributed by atoms with Crippen LogP contribution in [0.4, 0.5) is 0 Å². The van der Waals surface area contributed by atoms with Gasteiger partial charge in [0.1, 0.15) is 0 Å². The predicted octanol–water partition coefficient (Wildman–Crippen LogP) is -1.05. The molecule has 3 amide bonds. The third-order valence-electron chi connectivity index (χ3n) is 2.85. The molecule has 0 unspecified atom stereocenters. The number of carbonyl (C=O) groups is 5. The van der Waals surface area contributed by atoms with Gasteiger partial charge in [0, 0.05) is 25.5 Å². The second-order valence-corrected chi connectivity index (χ2v) is 4.35. The molecule has 0 radical (unpaired) electrons. The highest BCUT2D eigenvalue weighted by Gasteiger charge is 2.33. The smallest absolute Gasteiger partial charge is 0.331 e. The molecule has 20 heavy (non-hydrogen) atoms. The Morgan fingerprint density at radius 3 is 2.40 bits per heavy atom. The molecule has 106 valence electrons. The number of hydrogen-bond donors (Lipinski definition) is 0. The SMILES string of the molecule is O=C1C=CC(=O)N(CCC(=O)ON2C(=O)CCC2=O)C1. The summed E-state index contributed by atoms with van der Waals surface area (Å²) in [6, 6.07) is 0. The fourth-order valence-corrected chi connectivity index (χ4v) is 1.81. The van der Waals surface area contributed by atoms with Crippen LogP contribution in [0.25, 0.3) is 0 Å². The molecular weight excluding hydrogens is 268 g/mol. The van der Waals surface area contributed by atoms with E-state index in [1.807, 2.05) is 0 Å². The van der Waals surface area contributed by atoms with Gasteiger partial charge in [-0.2, -0.15) is 0 Å². The van der Waals surface area contributed by atoms with Crippen LogP contribution >= 0.6 is 0 Å². The van der Waals surface area contributed by atoms with E-state index in [2.05, 4.69) is 4.84 Å². The Kier molecular flexibility index (Phi) is 3.92. The van der Waals surface area contributed by atoms with Crippen molar-refractivity contribution in [3.63, 3.8) is 0 Å². The lowest BCUT2D eigenvalue weighted by molar-refractivity contribution is -0.197. The van der Waals surface area contributed by atoms with Gasteiger partial charge in [-0.15, -0.1) is 5.06 Å². The van der Waals surface area contributed by atoms with Crippen molar-refractivity contribution < 1.29 is 28.8 Å². The summed E-state index contributed by atoms with van der Waals surface area (Å²) in [4.78, 5) is 62.4. The molecule has 0 atom stereocenters. The van der Waals surface area contributed by atoms with Crippen LogP contribution in [-0.4, -0.2) is 52.5 Å². The van der Waals surface area contributed by atoms with Gasteiger partial charge in [0.15, 0.2) is 5.78 Å². The van der Waals surface area contributed by atoms with Crippen LogP contribution in [0.5, 0.6) is 0 Å². The summed E-state index contributed by atoms with van der Waals surface area (Å²) in [6.45, 7) is -0.103. The highest BCUT2D eigenvalue weighted by molar-refractivity contribution is 6.04. The maximum absolute atomic E-state index is 11.5. The lowest BCUT2D eigenvalue weighted by Crippen LogP contribution is -2.39. The first-order chi connectivity index (χ1) is 9.47. The highest BCUT2D eigenvalue weighted by Crippen LogP contribution is 2.12. The maximum atomic E-state index is 11.5. The summed E-state index contributed by atoms with van der Waals surface area (Å²) in [6.07, 6.45) is 2.15. The third kappa shape index (κ3) is 3.08. The van der Waals surface area contributed by atoms with Gasteiger partial charge in [0.05, 0.1) is 13.0 Å². The van der Waals surface area contributed by atoms with E-state index in [1.54, 1.807) is 0 Å². The summed E-state index contributed by atoms with van der Waals surface area (Å²) in [5.74, 6) is -2.52. The van der Waals surface area contributed by atoms with Gasteiger partial charge < -0.3 is 9.74 Å². The summed E-state index contributed by atoms with van der Waals surface area (Å²) < 4.78 is 0. The Balaban J connectivity index is 1.82. The number of imide groups is 1. The molecule has 0 aromatic carbocycles. The number of hydrogen-bond acceptors (Lipinski definition) is 6. The fourth-order valence-electron chi connectivity index (χ4n) is 1.81. The fraction of sp³-hybridized carbons (Fsp3) is 0.417. The second kappa shape index (κ2) is 5.64. The molecule has 0 N–H and O–H groups in total. The van der Waals surface area contributed by atoms with E-state index < -0.39 is 17.8 Å². The molecule has 2 heterocycles. The van der Waals surface area contributed by atoms with E-state index in [-0.39, 0.29) is 44.0 Å². The minimum atomic E-state index is -0.802. The van der Waals surface area contributed by atoms with E-state index in [0.29, 0.717) is 5.06 Å². The maximum Gasteiger partial charge on any atom is 0.334 e. The van der Waals surface area contributed by atoms with Crippen LogP contribution in [-0.2, 0) is 28.8 Å². The predicted molar refractivity (Wildman–Crippen MR) is 62.5 cm³/mol. The summed E-state index contributed by atoms with van der Waals surface area (Å²) >= 11 is 0.